The summed E-state index contributed by atoms with van der Waals surface area (Å²) in [4.78, 5) is 20.7. The standard InChI is InChI=1S/C25H37N3O/c1-2-28(23-9-10-23)25(29)21-8-5-13-27(18-21)22-11-14-26(15-12-22)24-16-19-6-3-4-7-20(19)17-24/h3-4,6-7,21-24H,2,5,8-18H2,1H3. The first-order chi connectivity index (χ1) is 14.2. The number of piperidine rings is 2. The second kappa shape index (κ2) is 8.39. The molecule has 2 saturated heterocycles. The number of amides is 1. The highest BCUT2D eigenvalue weighted by atomic mass is 16.2. The van der Waals surface area contributed by atoms with E-state index < -0.39 is 0 Å². The van der Waals surface area contributed by atoms with Gasteiger partial charge in [-0.2, -0.15) is 0 Å². The van der Waals surface area contributed by atoms with Gasteiger partial charge in [-0.05, 0) is 89.1 Å². The summed E-state index contributed by atoms with van der Waals surface area (Å²) in [6, 6.07) is 10.9. The largest absolute Gasteiger partial charge is 0.340 e. The van der Waals surface area contributed by atoms with Crippen LogP contribution in [0.2, 0.25) is 0 Å². The Hall–Kier alpha value is -1.39. The van der Waals surface area contributed by atoms with Crippen LogP contribution in [0.15, 0.2) is 24.3 Å². The molecule has 2 heterocycles. The van der Waals surface area contributed by atoms with Crippen LogP contribution in [-0.4, -0.2) is 71.5 Å². The molecular formula is C25H37N3O. The Bertz CT molecular complexity index is 698. The first-order valence-corrected chi connectivity index (χ1v) is 12.1. The van der Waals surface area contributed by atoms with Crippen LogP contribution in [0, 0.1) is 5.92 Å². The van der Waals surface area contributed by atoms with Crippen molar-refractivity contribution in [1.82, 2.24) is 14.7 Å². The second-order valence-corrected chi connectivity index (χ2v) is 9.79. The highest BCUT2D eigenvalue weighted by molar-refractivity contribution is 5.79. The maximum atomic E-state index is 13.1. The lowest BCUT2D eigenvalue weighted by Gasteiger charge is -2.44. The average Bonchev–Trinajstić information content (AvgIpc) is 3.51. The number of rotatable bonds is 5. The van der Waals surface area contributed by atoms with E-state index in [1.165, 1.54) is 64.6 Å². The Kier molecular flexibility index (Phi) is 5.66. The maximum Gasteiger partial charge on any atom is 0.227 e. The van der Waals surface area contributed by atoms with Crippen molar-refractivity contribution in [3.05, 3.63) is 35.4 Å². The summed E-state index contributed by atoms with van der Waals surface area (Å²) in [6.07, 6.45) is 9.74. The molecule has 158 valence electrons. The van der Waals surface area contributed by atoms with Crippen molar-refractivity contribution in [2.24, 2.45) is 5.92 Å². The monoisotopic (exact) mass is 395 g/mol. The molecule has 0 N–H and O–H groups in total. The number of hydrogen-bond donors (Lipinski definition) is 0. The van der Waals surface area contributed by atoms with E-state index in [2.05, 4.69) is 45.9 Å². The minimum atomic E-state index is 0.242. The third kappa shape index (κ3) is 4.11. The summed E-state index contributed by atoms with van der Waals surface area (Å²) in [5, 5.41) is 0. The molecule has 1 unspecified atom stereocenters. The lowest BCUT2D eigenvalue weighted by molar-refractivity contribution is -0.138. The molecule has 5 rings (SSSR count). The molecule has 0 aromatic heterocycles. The number of hydrogen-bond acceptors (Lipinski definition) is 3. The Morgan fingerprint density at radius 1 is 0.931 bits per heavy atom. The van der Waals surface area contributed by atoms with Crippen LogP contribution in [0.1, 0.15) is 56.6 Å². The van der Waals surface area contributed by atoms with E-state index in [1.807, 2.05) is 0 Å². The molecule has 1 aromatic carbocycles. The topological polar surface area (TPSA) is 26.8 Å². The van der Waals surface area contributed by atoms with Crippen molar-refractivity contribution in [2.45, 2.75) is 76.4 Å². The van der Waals surface area contributed by atoms with E-state index >= 15 is 0 Å². The van der Waals surface area contributed by atoms with Gasteiger partial charge in [0.1, 0.15) is 0 Å². The molecule has 1 aromatic rings. The highest BCUT2D eigenvalue weighted by Gasteiger charge is 2.38. The zero-order chi connectivity index (χ0) is 19.8. The predicted molar refractivity (Wildman–Crippen MR) is 117 cm³/mol. The second-order valence-electron chi connectivity index (χ2n) is 9.79. The molecular weight excluding hydrogens is 358 g/mol. The fraction of sp³-hybridized carbons (Fsp3) is 0.720. The lowest BCUT2D eigenvalue weighted by atomic mass is 9.92. The van der Waals surface area contributed by atoms with Gasteiger partial charge in [-0.15, -0.1) is 0 Å². The van der Waals surface area contributed by atoms with Crippen molar-refractivity contribution in [1.29, 1.82) is 0 Å². The van der Waals surface area contributed by atoms with E-state index in [1.54, 1.807) is 11.1 Å². The fourth-order valence-corrected chi connectivity index (χ4v) is 6.16. The van der Waals surface area contributed by atoms with E-state index in [4.69, 9.17) is 0 Å². The minimum absolute atomic E-state index is 0.242. The predicted octanol–water partition coefficient (Wildman–Crippen LogP) is 3.34. The molecule has 0 spiro atoms. The number of nitrogens with zero attached hydrogens (tertiary/aromatic N) is 3. The molecule has 2 aliphatic carbocycles. The van der Waals surface area contributed by atoms with E-state index in [0.29, 0.717) is 24.0 Å². The molecule has 3 fully saturated rings. The quantitative estimate of drug-likeness (QED) is 0.765. The number of fused-ring (bicyclic) bond motifs is 1. The Balaban J connectivity index is 1.13. The Labute approximate surface area is 176 Å². The van der Waals surface area contributed by atoms with Crippen LogP contribution in [0.4, 0.5) is 0 Å². The van der Waals surface area contributed by atoms with Crippen molar-refractivity contribution in [2.75, 3.05) is 32.7 Å². The number of likely N-dealkylation sites (tertiary alicyclic amines) is 2. The van der Waals surface area contributed by atoms with Crippen LogP contribution in [0.5, 0.6) is 0 Å². The normalized spacial score (nSPS) is 27.1. The van der Waals surface area contributed by atoms with Crippen LogP contribution in [0.3, 0.4) is 0 Å². The maximum absolute atomic E-state index is 13.1. The molecule has 0 radical (unpaired) electrons. The van der Waals surface area contributed by atoms with Gasteiger partial charge in [-0.25, -0.2) is 0 Å². The summed E-state index contributed by atoms with van der Waals surface area (Å²) in [5.41, 5.74) is 3.13. The molecule has 1 atom stereocenters. The summed E-state index contributed by atoms with van der Waals surface area (Å²) in [7, 11) is 0. The smallest absolute Gasteiger partial charge is 0.227 e. The molecule has 1 amide bonds. The molecule has 1 saturated carbocycles. The average molecular weight is 396 g/mol. The summed E-state index contributed by atoms with van der Waals surface area (Å²) in [5.74, 6) is 0.688. The van der Waals surface area contributed by atoms with Crippen molar-refractivity contribution < 1.29 is 4.79 Å². The van der Waals surface area contributed by atoms with Gasteiger partial charge in [0.2, 0.25) is 5.91 Å². The van der Waals surface area contributed by atoms with Gasteiger partial charge in [0.25, 0.3) is 0 Å². The molecule has 4 nitrogen and oxygen atoms in total. The summed E-state index contributed by atoms with van der Waals surface area (Å²) < 4.78 is 0. The van der Waals surface area contributed by atoms with E-state index in [0.717, 1.165) is 19.5 Å². The first kappa shape index (κ1) is 19.6. The summed E-state index contributed by atoms with van der Waals surface area (Å²) >= 11 is 0. The van der Waals surface area contributed by atoms with Crippen LogP contribution < -0.4 is 0 Å². The molecule has 29 heavy (non-hydrogen) atoms. The van der Waals surface area contributed by atoms with Crippen molar-refractivity contribution in [3.63, 3.8) is 0 Å². The van der Waals surface area contributed by atoms with Crippen LogP contribution >= 0.6 is 0 Å². The lowest BCUT2D eigenvalue weighted by Crippen LogP contribution is -2.52. The van der Waals surface area contributed by atoms with Crippen molar-refractivity contribution >= 4 is 5.91 Å². The number of carbonyl (C=O) groups excluding carboxylic acids is 1. The highest BCUT2D eigenvalue weighted by Crippen LogP contribution is 2.32. The molecule has 2 aliphatic heterocycles. The van der Waals surface area contributed by atoms with E-state index in [-0.39, 0.29) is 5.92 Å². The van der Waals surface area contributed by atoms with Crippen LogP contribution in [-0.2, 0) is 17.6 Å². The number of benzene rings is 1. The number of carbonyl (C=O) groups is 1. The zero-order valence-corrected chi connectivity index (χ0v) is 18.1. The summed E-state index contributed by atoms with van der Waals surface area (Å²) in [6.45, 7) is 7.68. The SMILES string of the molecule is CCN(C(=O)C1CCCN(C2CCN(C3Cc4ccccc4C3)CC2)C1)C1CC1. The molecule has 0 bridgehead atoms. The minimum Gasteiger partial charge on any atom is -0.340 e. The Morgan fingerprint density at radius 3 is 2.24 bits per heavy atom. The van der Waals surface area contributed by atoms with Gasteiger partial charge < -0.3 is 4.90 Å². The zero-order valence-electron chi connectivity index (χ0n) is 18.1. The third-order valence-electron chi connectivity index (χ3n) is 7.97. The van der Waals surface area contributed by atoms with Gasteiger partial charge in [0.15, 0.2) is 0 Å². The van der Waals surface area contributed by atoms with Gasteiger partial charge in [-0.3, -0.25) is 14.6 Å². The van der Waals surface area contributed by atoms with Gasteiger partial charge in [0, 0.05) is 31.2 Å². The van der Waals surface area contributed by atoms with Gasteiger partial charge >= 0.3 is 0 Å². The van der Waals surface area contributed by atoms with Crippen molar-refractivity contribution in [3.8, 4) is 0 Å². The van der Waals surface area contributed by atoms with Gasteiger partial charge in [0.05, 0.1) is 5.92 Å². The first-order valence-electron chi connectivity index (χ1n) is 12.1. The Morgan fingerprint density at radius 2 is 1.62 bits per heavy atom. The fourth-order valence-electron chi connectivity index (χ4n) is 6.16. The van der Waals surface area contributed by atoms with Crippen LogP contribution in [0.25, 0.3) is 0 Å². The van der Waals surface area contributed by atoms with Gasteiger partial charge in [-0.1, -0.05) is 24.3 Å². The van der Waals surface area contributed by atoms with E-state index in [9.17, 15) is 4.79 Å². The molecule has 4 aliphatic rings. The molecule has 4 heteroatoms. The third-order valence-corrected chi connectivity index (χ3v) is 7.97.